The Labute approximate surface area is 104 Å². The van der Waals surface area contributed by atoms with Crippen LogP contribution in [0.5, 0.6) is 0 Å². The Morgan fingerprint density at radius 1 is 1.35 bits per heavy atom. The van der Waals surface area contributed by atoms with Crippen LogP contribution in [0.2, 0.25) is 0 Å². The molecule has 0 aliphatic rings. The molecule has 0 saturated carbocycles. The zero-order valence-corrected chi connectivity index (χ0v) is 11.1. The summed E-state index contributed by atoms with van der Waals surface area (Å²) in [5.74, 6) is 0.0981. The number of nitrogens with two attached hydrogens (primary N) is 1. The number of hydrogen-bond acceptors (Lipinski definition) is 2. The van der Waals surface area contributed by atoms with Crippen molar-refractivity contribution < 1.29 is 4.79 Å². The zero-order valence-electron chi connectivity index (χ0n) is 11.1. The molecule has 0 aliphatic carbocycles. The Morgan fingerprint density at radius 2 is 1.88 bits per heavy atom. The van der Waals surface area contributed by atoms with Gasteiger partial charge in [-0.1, -0.05) is 30.3 Å². The van der Waals surface area contributed by atoms with Crippen LogP contribution in [0.25, 0.3) is 0 Å². The van der Waals surface area contributed by atoms with Gasteiger partial charge in [0.25, 0.3) is 0 Å². The average molecular weight is 234 g/mol. The van der Waals surface area contributed by atoms with Crippen LogP contribution in [0, 0.1) is 0 Å². The van der Waals surface area contributed by atoms with Crippen LogP contribution in [0.3, 0.4) is 0 Å². The van der Waals surface area contributed by atoms with Crippen molar-refractivity contribution in [2.45, 2.75) is 32.2 Å². The van der Waals surface area contributed by atoms with Gasteiger partial charge in [0.05, 0.1) is 5.41 Å². The van der Waals surface area contributed by atoms with Crippen molar-refractivity contribution >= 4 is 5.91 Å². The van der Waals surface area contributed by atoms with Crippen LogP contribution in [0.4, 0.5) is 0 Å². The van der Waals surface area contributed by atoms with Gasteiger partial charge in [-0.3, -0.25) is 4.79 Å². The van der Waals surface area contributed by atoms with Crippen LogP contribution >= 0.6 is 0 Å². The van der Waals surface area contributed by atoms with E-state index in [1.165, 1.54) is 0 Å². The van der Waals surface area contributed by atoms with Gasteiger partial charge in [0.1, 0.15) is 0 Å². The molecule has 0 spiro atoms. The van der Waals surface area contributed by atoms with Crippen molar-refractivity contribution in [2.24, 2.45) is 5.73 Å². The van der Waals surface area contributed by atoms with Crippen LogP contribution in [0.15, 0.2) is 30.3 Å². The maximum Gasteiger partial charge on any atom is 0.232 e. The Hall–Kier alpha value is -1.35. The molecule has 0 heterocycles. The number of rotatable bonds is 4. The summed E-state index contributed by atoms with van der Waals surface area (Å²) in [5, 5.41) is 0. The van der Waals surface area contributed by atoms with Crippen molar-refractivity contribution in [1.29, 1.82) is 0 Å². The first kappa shape index (κ1) is 13.7. The third-order valence-electron chi connectivity index (χ3n) is 2.94. The van der Waals surface area contributed by atoms with Gasteiger partial charge >= 0.3 is 0 Å². The fraction of sp³-hybridized carbons (Fsp3) is 0.500. The summed E-state index contributed by atoms with van der Waals surface area (Å²) in [7, 11) is 1.80. The topological polar surface area (TPSA) is 46.3 Å². The largest absolute Gasteiger partial charge is 0.343 e. The highest BCUT2D eigenvalue weighted by molar-refractivity contribution is 5.87. The third-order valence-corrected chi connectivity index (χ3v) is 2.94. The second kappa shape index (κ2) is 5.32. The lowest BCUT2D eigenvalue weighted by molar-refractivity contribution is -0.135. The first-order valence-corrected chi connectivity index (χ1v) is 5.92. The van der Waals surface area contributed by atoms with Gasteiger partial charge in [-0.2, -0.15) is 0 Å². The predicted octanol–water partition coefficient (Wildman–Crippen LogP) is 1.77. The Bertz CT molecular complexity index is 371. The van der Waals surface area contributed by atoms with Gasteiger partial charge in [-0.05, 0) is 26.3 Å². The number of carbonyl (C=O) groups excluding carboxylic acids is 1. The van der Waals surface area contributed by atoms with E-state index in [-0.39, 0.29) is 11.9 Å². The highest BCUT2D eigenvalue weighted by Crippen LogP contribution is 2.24. The molecule has 3 heteroatoms. The van der Waals surface area contributed by atoms with Gasteiger partial charge in [-0.25, -0.2) is 0 Å². The molecule has 1 aromatic rings. The van der Waals surface area contributed by atoms with Crippen molar-refractivity contribution in [3.8, 4) is 0 Å². The summed E-state index contributed by atoms with van der Waals surface area (Å²) in [5.41, 5.74) is 6.24. The summed E-state index contributed by atoms with van der Waals surface area (Å²) in [6, 6.07) is 9.83. The predicted molar refractivity (Wildman–Crippen MR) is 70.8 cm³/mol. The quantitative estimate of drug-likeness (QED) is 0.863. The van der Waals surface area contributed by atoms with Gasteiger partial charge in [0.15, 0.2) is 0 Å². The molecule has 1 atom stereocenters. The lowest BCUT2D eigenvalue weighted by atomic mass is 9.83. The molecule has 0 bridgehead atoms. The first-order chi connectivity index (χ1) is 7.85. The number of nitrogens with zero attached hydrogens (tertiary/aromatic N) is 1. The molecule has 2 N–H and O–H groups in total. The van der Waals surface area contributed by atoms with Crippen molar-refractivity contribution in [3.05, 3.63) is 35.9 Å². The molecule has 94 valence electrons. The van der Waals surface area contributed by atoms with Gasteiger partial charge < -0.3 is 10.6 Å². The minimum absolute atomic E-state index is 0.00415. The summed E-state index contributed by atoms with van der Waals surface area (Å²) in [6.07, 6.45) is 0. The molecule has 0 aromatic heterocycles. The lowest BCUT2D eigenvalue weighted by Crippen LogP contribution is -2.45. The van der Waals surface area contributed by atoms with E-state index in [2.05, 4.69) is 0 Å². The molecule has 3 nitrogen and oxygen atoms in total. The molecular weight excluding hydrogens is 212 g/mol. The maximum absolute atomic E-state index is 12.4. The third kappa shape index (κ3) is 3.30. The van der Waals surface area contributed by atoms with E-state index in [1.54, 1.807) is 11.9 Å². The van der Waals surface area contributed by atoms with E-state index in [0.717, 1.165) is 5.56 Å². The van der Waals surface area contributed by atoms with Crippen LogP contribution in [-0.4, -0.2) is 30.4 Å². The molecule has 1 unspecified atom stereocenters. The minimum atomic E-state index is -0.509. The second-order valence-electron chi connectivity index (χ2n) is 5.15. The molecule has 0 aliphatic heterocycles. The Morgan fingerprint density at radius 3 is 2.35 bits per heavy atom. The highest BCUT2D eigenvalue weighted by atomic mass is 16.2. The Balaban J connectivity index is 2.87. The van der Waals surface area contributed by atoms with E-state index in [4.69, 9.17) is 5.73 Å². The lowest BCUT2D eigenvalue weighted by Gasteiger charge is -2.30. The zero-order chi connectivity index (χ0) is 13.1. The molecular formula is C14H22N2O. The molecule has 0 fully saturated rings. The Kier molecular flexibility index (Phi) is 4.29. The molecule has 0 radical (unpaired) electrons. The average Bonchev–Trinajstić information content (AvgIpc) is 2.28. The van der Waals surface area contributed by atoms with Crippen LogP contribution in [0.1, 0.15) is 26.3 Å². The van der Waals surface area contributed by atoms with Gasteiger partial charge in [0.2, 0.25) is 5.91 Å². The SMILES string of the molecule is CC(N)CN(C)C(=O)C(C)(C)c1ccccc1. The highest BCUT2D eigenvalue weighted by Gasteiger charge is 2.32. The van der Waals surface area contributed by atoms with E-state index in [0.29, 0.717) is 6.54 Å². The summed E-state index contributed by atoms with van der Waals surface area (Å²) >= 11 is 0. The van der Waals surface area contributed by atoms with Crippen molar-refractivity contribution in [3.63, 3.8) is 0 Å². The monoisotopic (exact) mass is 234 g/mol. The van der Waals surface area contributed by atoms with Crippen LogP contribution < -0.4 is 5.73 Å². The molecule has 0 saturated heterocycles. The summed E-state index contributed by atoms with van der Waals surface area (Å²) < 4.78 is 0. The van der Waals surface area contributed by atoms with E-state index >= 15 is 0 Å². The fourth-order valence-corrected chi connectivity index (χ4v) is 1.97. The maximum atomic E-state index is 12.4. The number of likely N-dealkylation sites (N-methyl/N-ethyl adjacent to an activating group) is 1. The summed E-state index contributed by atoms with van der Waals surface area (Å²) in [6.45, 7) is 6.37. The molecule has 1 rings (SSSR count). The fourth-order valence-electron chi connectivity index (χ4n) is 1.97. The normalized spacial score (nSPS) is 13.2. The number of hydrogen-bond donors (Lipinski definition) is 1. The van der Waals surface area contributed by atoms with Crippen LogP contribution in [-0.2, 0) is 10.2 Å². The number of carbonyl (C=O) groups is 1. The smallest absolute Gasteiger partial charge is 0.232 e. The van der Waals surface area contributed by atoms with E-state index < -0.39 is 5.41 Å². The summed E-state index contributed by atoms with van der Waals surface area (Å²) in [4.78, 5) is 14.1. The van der Waals surface area contributed by atoms with Gasteiger partial charge in [-0.15, -0.1) is 0 Å². The molecule has 1 aromatic carbocycles. The van der Waals surface area contributed by atoms with Crippen molar-refractivity contribution in [2.75, 3.05) is 13.6 Å². The second-order valence-corrected chi connectivity index (χ2v) is 5.15. The van der Waals surface area contributed by atoms with Crippen molar-refractivity contribution in [1.82, 2.24) is 4.90 Å². The minimum Gasteiger partial charge on any atom is -0.343 e. The van der Waals surface area contributed by atoms with E-state index in [1.807, 2.05) is 51.1 Å². The first-order valence-electron chi connectivity index (χ1n) is 5.92. The number of amides is 1. The molecule has 1 amide bonds. The molecule has 17 heavy (non-hydrogen) atoms. The number of benzene rings is 1. The van der Waals surface area contributed by atoms with E-state index in [9.17, 15) is 4.79 Å². The van der Waals surface area contributed by atoms with Gasteiger partial charge in [0, 0.05) is 19.6 Å². The standard InChI is InChI=1S/C14H22N2O/c1-11(15)10-16(4)13(17)14(2,3)12-8-6-5-7-9-12/h5-9,11H,10,15H2,1-4H3.